The van der Waals surface area contributed by atoms with Crippen molar-refractivity contribution >= 4 is 5.78 Å². The van der Waals surface area contributed by atoms with E-state index in [4.69, 9.17) is 0 Å². The Morgan fingerprint density at radius 2 is 1.50 bits per heavy atom. The van der Waals surface area contributed by atoms with Crippen LogP contribution >= 0.6 is 0 Å². The summed E-state index contributed by atoms with van der Waals surface area (Å²) in [5, 5.41) is 11.1. The lowest BCUT2D eigenvalue weighted by Crippen LogP contribution is -2.44. The molecule has 1 unspecified atom stereocenters. The van der Waals surface area contributed by atoms with Crippen molar-refractivity contribution in [3.63, 3.8) is 0 Å². The lowest BCUT2D eigenvalue weighted by atomic mass is 9.66. The van der Waals surface area contributed by atoms with Gasteiger partial charge in [0, 0.05) is 5.56 Å². The Balaban J connectivity index is 1.99. The molecule has 2 nitrogen and oxygen atoms in total. The molecule has 1 aliphatic rings. The van der Waals surface area contributed by atoms with E-state index >= 15 is 0 Å². The predicted molar refractivity (Wildman–Crippen MR) is 97.2 cm³/mol. The Kier molecular flexibility index (Phi) is 4.86. The van der Waals surface area contributed by atoms with E-state index < -0.39 is 11.0 Å². The lowest BCUT2D eigenvalue weighted by Gasteiger charge is -2.40. The first kappa shape index (κ1) is 16.9. The van der Waals surface area contributed by atoms with Crippen LogP contribution in [-0.4, -0.2) is 16.5 Å². The maximum absolute atomic E-state index is 13.4. The summed E-state index contributed by atoms with van der Waals surface area (Å²) in [6.45, 7) is 1.99. The quantitative estimate of drug-likeness (QED) is 0.794. The van der Waals surface area contributed by atoms with Gasteiger partial charge in [-0.1, -0.05) is 79.9 Å². The smallest absolute Gasteiger partial charge is 0.173 e. The number of ketones is 1. The molecule has 1 saturated carbocycles. The van der Waals surface area contributed by atoms with E-state index in [2.05, 4.69) is 0 Å². The summed E-state index contributed by atoms with van der Waals surface area (Å²) in [5.41, 5.74) is 0.239. The summed E-state index contributed by atoms with van der Waals surface area (Å²) >= 11 is 0. The standard InChI is InChI=1S/C22H26O2/c1-21(19-13-7-3-8-14-19,17-22(24)15-9-4-10-16-22)20(23)18-11-5-2-6-12-18/h2-3,5-8,11-14,24H,4,9-10,15-17H2,1H3. The molecule has 0 heterocycles. The van der Waals surface area contributed by atoms with Gasteiger partial charge in [0.15, 0.2) is 5.78 Å². The minimum Gasteiger partial charge on any atom is -0.390 e. The molecule has 0 bridgehead atoms. The first-order valence-electron chi connectivity index (χ1n) is 8.91. The summed E-state index contributed by atoms with van der Waals surface area (Å²) in [6, 6.07) is 19.4. The summed E-state index contributed by atoms with van der Waals surface area (Å²) in [4.78, 5) is 13.4. The van der Waals surface area contributed by atoms with Crippen LogP contribution in [0.25, 0.3) is 0 Å². The highest BCUT2D eigenvalue weighted by Crippen LogP contribution is 2.41. The second-order valence-corrected chi connectivity index (χ2v) is 7.36. The molecule has 3 rings (SSSR count). The van der Waals surface area contributed by atoms with Crippen LogP contribution < -0.4 is 0 Å². The van der Waals surface area contributed by atoms with Gasteiger partial charge in [-0.2, -0.15) is 0 Å². The van der Waals surface area contributed by atoms with Gasteiger partial charge in [-0.25, -0.2) is 0 Å². The van der Waals surface area contributed by atoms with E-state index in [0.29, 0.717) is 12.0 Å². The Labute approximate surface area is 144 Å². The molecule has 2 heteroatoms. The molecule has 2 aromatic carbocycles. The molecule has 1 fully saturated rings. The van der Waals surface area contributed by atoms with Crippen molar-refractivity contribution in [3.8, 4) is 0 Å². The van der Waals surface area contributed by atoms with Gasteiger partial charge in [-0.3, -0.25) is 4.79 Å². The zero-order chi connectivity index (χ0) is 17.0. The molecule has 0 radical (unpaired) electrons. The van der Waals surface area contributed by atoms with Crippen molar-refractivity contribution in [2.45, 2.75) is 56.5 Å². The monoisotopic (exact) mass is 322 g/mol. The minimum absolute atomic E-state index is 0.0910. The molecule has 0 aromatic heterocycles. The minimum atomic E-state index is -0.743. The first-order chi connectivity index (χ1) is 11.5. The number of hydrogen-bond donors (Lipinski definition) is 1. The molecule has 0 aliphatic heterocycles. The van der Waals surface area contributed by atoms with Crippen LogP contribution in [0.1, 0.15) is 61.4 Å². The maximum Gasteiger partial charge on any atom is 0.173 e. The zero-order valence-corrected chi connectivity index (χ0v) is 14.4. The highest BCUT2D eigenvalue weighted by Gasteiger charge is 2.43. The Morgan fingerprint density at radius 1 is 0.958 bits per heavy atom. The highest BCUT2D eigenvalue weighted by atomic mass is 16.3. The summed E-state index contributed by atoms with van der Waals surface area (Å²) in [7, 11) is 0. The van der Waals surface area contributed by atoms with E-state index in [-0.39, 0.29) is 5.78 Å². The molecular formula is C22H26O2. The van der Waals surface area contributed by atoms with E-state index in [1.165, 1.54) is 6.42 Å². The highest BCUT2D eigenvalue weighted by molar-refractivity contribution is 6.03. The third kappa shape index (κ3) is 3.44. The van der Waals surface area contributed by atoms with Crippen LogP contribution in [0.2, 0.25) is 0 Å². The van der Waals surface area contributed by atoms with Crippen LogP contribution in [0.3, 0.4) is 0 Å². The molecule has 0 saturated heterocycles. The van der Waals surface area contributed by atoms with Crippen LogP contribution in [0, 0.1) is 0 Å². The second kappa shape index (κ2) is 6.90. The Hall–Kier alpha value is -1.93. The van der Waals surface area contributed by atoms with Crippen molar-refractivity contribution in [1.82, 2.24) is 0 Å². The third-order valence-corrected chi connectivity index (χ3v) is 5.41. The maximum atomic E-state index is 13.4. The zero-order valence-electron chi connectivity index (χ0n) is 14.4. The molecule has 1 aliphatic carbocycles. The van der Waals surface area contributed by atoms with Crippen LogP contribution in [0.4, 0.5) is 0 Å². The largest absolute Gasteiger partial charge is 0.390 e. The molecule has 0 amide bonds. The molecule has 0 spiro atoms. The van der Waals surface area contributed by atoms with Crippen molar-refractivity contribution in [3.05, 3.63) is 71.8 Å². The fourth-order valence-electron chi connectivity index (χ4n) is 4.07. The van der Waals surface area contributed by atoms with Crippen molar-refractivity contribution in [1.29, 1.82) is 0 Å². The second-order valence-electron chi connectivity index (χ2n) is 7.36. The van der Waals surface area contributed by atoms with Gasteiger partial charge >= 0.3 is 0 Å². The number of carbonyl (C=O) groups excluding carboxylic acids is 1. The van der Waals surface area contributed by atoms with Gasteiger partial charge in [0.25, 0.3) is 0 Å². The fraction of sp³-hybridized carbons (Fsp3) is 0.409. The van der Waals surface area contributed by atoms with Crippen molar-refractivity contribution < 1.29 is 9.90 Å². The van der Waals surface area contributed by atoms with Gasteiger partial charge in [0.1, 0.15) is 0 Å². The Morgan fingerprint density at radius 3 is 2.08 bits per heavy atom. The van der Waals surface area contributed by atoms with Crippen LogP contribution in [-0.2, 0) is 5.41 Å². The lowest BCUT2D eigenvalue weighted by molar-refractivity contribution is -0.0192. The molecule has 1 atom stereocenters. The molecule has 126 valence electrons. The number of aliphatic hydroxyl groups is 1. The Bertz CT molecular complexity index is 672. The van der Waals surface area contributed by atoms with Gasteiger partial charge in [-0.15, -0.1) is 0 Å². The number of benzene rings is 2. The van der Waals surface area contributed by atoms with Gasteiger partial charge < -0.3 is 5.11 Å². The molecule has 1 N–H and O–H groups in total. The fourth-order valence-corrected chi connectivity index (χ4v) is 4.07. The van der Waals surface area contributed by atoms with Crippen LogP contribution in [0.5, 0.6) is 0 Å². The average Bonchev–Trinajstić information content (AvgIpc) is 2.62. The summed E-state index contributed by atoms with van der Waals surface area (Å²) < 4.78 is 0. The normalized spacial score (nSPS) is 19.4. The van der Waals surface area contributed by atoms with Gasteiger partial charge in [0.05, 0.1) is 11.0 Å². The molecular weight excluding hydrogens is 296 g/mol. The topological polar surface area (TPSA) is 37.3 Å². The molecule has 24 heavy (non-hydrogen) atoms. The predicted octanol–water partition coefficient (Wildman–Crippen LogP) is 4.91. The van der Waals surface area contributed by atoms with E-state index in [1.54, 1.807) is 0 Å². The van der Waals surface area contributed by atoms with E-state index in [1.807, 2.05) is 67.6 Å². The van der Waals surface area contributed by atoms with Gasteiger partial charge in [0.2, 0.25) is 0 Å². The number of hydrogen-bond acceptors (Lipinski definition) is 2. The number of Topliss-reactive ketones (excluding diaryl/α,β-unsaturated/α-hetero) is 1. The van der Waals surface area contributed by atoms with E-state index in [0.717, 1.165) is 31.2 Å². The third-order valence-electron chi connectivity index (χ3n) is 5.41. The van der Waals surface area contributed by atoms with E-state index in [9.17, 15) is 9.90 Å². The van der Waals surface area contributed by atoms with Gasteiger partial charge in [-0.05, 0) is 31.7 Å². The summed E-state index contributed by atoms with van der Waals surface area (Å²) in [6.07, 6.45) is 5.32. The van der Waals surface area contributed by atoms with Crippen molar-refractivity contribution in [2.75, 3.05) is 0 Å². The van der Waals surface area contributed by atoms with Crippen LogP contribution in [0.15, 0.2) is 60.7 Å². The SMILES string of the molecule is CC(CC1(O)CCCCC1)(C(=O)c1ccccc1)c1ccccc1. The number of rotatable bonds is 5. The number of carbonyl (C=O) groups is 1. The first-order valence-corrected chi connectivity index (χ1v) is 8.91. The molecule has 2 aromatic rings. The average molecular weight is 322 g/mol. The van der Waals surface area contributed by atoms with Crippen molar-refractivity contribution in [2.24, 2.45) is 0 Å². The summed E-state index contributed by atoms with van der Waals surface area (Å²) in [5.74, 6) is 0.0910.